The summed E-state index contributed by atoms with van der Waals surface area (Å²) in [6.07, 6.45) is 0.495. The van der Waals surface area contributed by atoms with Gasteiger partial charge in [-0.25, -0.2) is 0 Å². The molecule has 0 aromatic rings. The van der Waals surface area contributed by atoms with Gasteiger partial charge in [0.05, 0.1) is 0 Å². The lowest BCUT2D eigenvalue weighted by molar-refractivity contribution is -0.216. The molecule has 1 aliphatic rings. The molecule has 2 amide bonds. The second-order valence-corrected chi connectivity index (χ2v) is 5.73. The number of amides is 2. The van der Waals surface area contributed by atoms with E-state index in [4.69, 9.17) is 0 Å². The zero-order valence-electron chi connectivity index (χ0n) is 12.0. The number of carbonyl (C=O) groups excluding carboxylic acids is 2. The summed E-state index contributed by atoms with van der Waals surface area (Å²) < 4.78 is 27.8. The van der Waals surface area contributed by atoms with Gasteiger partial charge in [0.2, 0.25) is 5.91 Å². The molecule has 0 aromatic carbocycles. The summed E-state index contributed by atoms with van der Waals surface area (Å²) in [5, 5.41) is 14.1. The van der Waals surface area contributed by atoms with Crippen LogP contribution in [0.1, 0.15) is 39.5 Å². The predicted octanol–water partition coefficient (Wildman–Crippen LogP) is 0.814. The zero-order valence-corrected chi connectivity index (χ0v) is 12.0. The van der Waals surface area contributed by atoms with Crippen molar-refractivity contribution in [1.29, 1.82) is 0 Å². The molecule has 0 saturated heterocycles. The van der Waals surface area contributed by atoms with Crippen LogP contribution < -0.4 is 10.6 Å². The van der Waals surface area contributed by atoms with Crippen molar-refractivity contribution in [3.8, 4) is 0 Å². The van der Waals surface area contributed by atoms with Crippen molar-refractivity contribution in [1.82, 2.24) is 10.6 Å². The van der Waals surface area contributed by atoms with E-state index in [0.717, 1.165) is 0 Å². The first-order chi connectivity index (χ1) is 9.14. The van der Waals surface area contributed by atoms with Crippen LogP contribution in [-0.4, -0.2) is 41.5 Å². The molecule has 0 bridgehead atoms. The Kier molecular flexibility index (Phi) is 5.07. The Hall–Kier alpha value is -1.24. The molecule has 0 aromatic heterocycles. The maximum absolute atomic E-state index is 13.9. The first-order valence-electron chi connectivity index (χ1n) is 6.77. The van der Waals surface area contributed by atoms with Crippen molar-refractivity contribution in [2.75, 3.05) is 7.05 Å². The van der Waals surface area contributed by atoms with Crippen LogP contribution in [0.4, 0.5) is 8.78 Å². The molecule has 20 heavy (non-hydrogen) atoms. The molecule has 116 valence electrons. The molecule has 0 spiro atoms. The Morgan fingerprint density at radius 3 is 2.25 bits per heavy atom. The molecule has 7 heteroatoms. The first kappa shape index (κ1) is 16.8. The lowest BCUT2D eigenvalue weighted by Crippen LogP contribution is -2.63. The highest BCUT2D eigenvalue weighted by atomic mass is 19.3. The van der Waals surface area contributed by atoms with Crippen molar-refractivity contribution in [3.05, 3.63) is 0 Å². The fraction of sp³-hybridized carbons (Fsp3) is 0.846. The second kappa shape index (κ2) is 6.03. The molecule has 1 aliphatic carbocycles. The van der Waals surface area contributed by atoms with E-state index in [1.54, 1.807) is 0 Å². The third-order valence-electron chi connectivity index (χ3n) is 3.63. The molecule has 0 heterocycles. The van der Waals surface area contributed by atoms with Gasteiger partial charge < -0.3 is 15.7 Å². The van der Waals surface area contributed by atoms with Crippen molar-refractivity contribution in [3.63, 3.8) is 0 Å². The molecule has 1 unspecified atom stereocenters. The standard InChI is InChI=1S/C13H22F2N2O3/c1-8(2)7-9(10(18)16-3)17-11(19)13(14,15)12(20)5-4-6-12/h8-9,20H,4-7H2,1-3H3,(H,16,18)(H,17,19). The van der Waals surface area contributed by atoms with Gasteiger partial charge in [-0.1, -0.05) is 13.8 Å². The summed E-state index contributed by atoms with van der Waals surface area (Å²) in [6.45, 7) is 3.64. The molecule has 3 N–H and O–H groups in total. The van der Waals surface area contributed by atoms with Gasteiger partial charge in [-0.3, -0.25) is 9.59 Å². The molecule has 1 saturated carbocycles. The maximum atomic E-state index is 13.9. The average molecular weight is 292 g/mol. The van der Waals surface area contributed by atoms with Gasteiger partial charge in [-0.05, 0) is 31.6 Å². The Morgan fingerprint density at radius 1 is 1.35 bits per heavy atom. The number of rotatable bonds is 6. The summed E-state index contributed by atoms with van der Waals surface area (Å²) in [7, 11) is 1.37. The van der Waals surface area contributed by atoms with Crippen molar-refractivity contribution in [2.24, 2.45) is 5.92 Å². The minimum Gasteiger partial charge on any atom is -0.383 e. The minimum atomic E-state index is -3.88. The van der Waals surface area contributed by atoms with Crippen molar-refractivity contribution in [2.45, 2.75) is 57.1 Å². The Labute approximate surface area is 117 Å². The smallest absolute Gasteiger partial charge is 0.352 e. The van der Waals surface area contributed by atoms with Crippen LogP contribution >= 0.6 is 0 Å². The fourth-order valence-electron chi connectivity index (χ4n) is 2.16. The number of aliphatic hydroxyl groups is 1. The molecule has 1 atom stereocenters. The maximum Gasteiger partial charge on any atom is 0.352 e. The Balaban J connectivity index is 2.77. The number of hydrogen-bond acceptors (Lipinski definition) is 3. The fourth-order valence-corrected chi connectivity index (χ4v) is 2.16. The normalized spacial score (nSPS) is 19.1. The van der Waals surface area contributed by atoms with Crippen molar-refractivity contribution >= 4 is 11.8 Å². The third-order valence-corrected chi connectivity index (χ3v) is 3.63. The van der Waals surface area contributed by atoms with Gasteiger partial charge in [-0.15, -0.1) is 0 Å². The van der Waals surface area contributed by atoms with Crippen LogP contribution in [0.15, 0.2) is 0 Å². The molecule has 0 radical (unpaired) electrons. The van der Waals surface area contributed by atoms with Gasteiger partial charge >= 0.3 is 5.92 Å². The lowest BCUT2D eigenvalue weighted by Gasteiger charge is -2.41. The number of halogens is 2. The number of hydrogen-bond donors (Lipinski definition) is 3. The van der Waals surface area contributed by atoms with Crippen LogP contribution in [-0.2, 0) is 9.59 Å². The molecule has 1 fully saturated rings. The van der Waals surface area contributed by atoms with E-state index in [1.807, 2.05) is 13.8 Å². The van der Waals surface area contributed by atoms with E-state index in [2.05, 4.69) is 10.6 Å². The summed E-state index contributed by atoms with van der Waals surface area (Å²) in [5.41, 5.74) is -2.28. The largest absolute Gasteiger partial charge is 0.383 e. The Morgan fingerprint density at radius 2 is 1.90 bits per heavy atom. The van der Waals surface area contributed by atoms with Crippen molar-refractivity contribution < 1.29 is 23.5 Å². The quantitative estimate of drug-likeness (QED) is 0.678. The second-order valence-electron chi connectivity index (χ2n) is 5.73. The summed E-state index contributed by atoms with van der Waals surface area (Å²) in [5.74, 6) is -5.94. The van der Waals surface area contributed by atoms with E-state index in [1.165, 1.54) is 7.05 Å². The van der Waals surface area contributed by atoms with Crippen LogP contribution in [0.25, 0.3) is 0 Å². The highest BCUT2D eigenvalue weighted by molar-refractivity contribution is 5.91. The van der Waals surface area contributed by atoms with Gasteiger partial charge in [-0.2, -0.15) is 8.78 Å². The third kappa shape index (κ3) is 3.26. The van der Waals surface area contributed by atoms with E-state index in [-0.39, 0.29) is 25.2 Å². The van der Waals surface area contributed by atoms with Crippen LogP contribution in [0.3, 0.4) is 0 Å². The lowest BCUT2D eigenvalue weighted by atomic mass is 9.75. The summed E-state index contributed by atoms with van der Waals surface area (Å²) in [4.78, 5) is 23.3. The topological polar surface area (TPSA) is 78.4 Å². The number of carbonyl (C=O) groups is 2. The van der Waals surface area contributed by atoms with Gasteiger partial charge in [0.25, 0.3) is 5.91 Å². The van der Waals surface area contributed by atoms with Crippen LogP contribution in [0.5, 0.6) is 0 Å². The van der Waals surface area contributed by atoms with E-state index in [9.17, 15) is 23.5 Å². The number of nitrogens with one attached hydrogen (secondary N) is 2. The first-order valence-corrected chi connectivity index (χ1v) is 6.77. The van der Waals surface area contributed by atoms with Crippen LogP contribution in [0, 0.1) is 5.92 Å². The summed E-state index contributed by atoms with van der Waals surface area (Å²) >= 11 is 0. The molecular formula is C13H22F2N2O3. The van der Waals surface area contributed by atoms with E-state index >= 15 is 0 Å². The predicted molar refractivity (Wildman–Crippen MR) is 69.2 cm³/mol. The van der Waals surface area contributed by atoms with Crippen LogP contribution in [0.2, 0.25) is 0 Å². The number of alkyl halides is 2. The van der Waals surface area contributed by atoms with Gasteiger partial charge in [0.1, 0.15) is 11.6 Å². The number of likely N-dealkylation sites (N-methyl/N-ethyl adjacent to an activating group) is 1. The SMILES string of the molecule is CNC(=O)C(CC(C)C)NC(=O)C(F)(F)C1(O)CCC1. The Bertz CT molecular complexity index is 382. The average Bonchev–Trinajstić information content (AvgIpc) is 2.33. The monoisotopic (exact) mass is 292 g/mol. The minimum absolute atomic E-state index is 0.0537. The molecule has 5 nitrogen and oxygen atoms in total. The molecule has 0 aliphatic heterocycles. The summed E-state index contributed by atoms with van der Waals surface area (Å²) in [6, 6.07) is -1.03. The molecule has 1 rings (SSSR count). The van der Waals surface area contributed by atoms with Gasteiger partial charge in [0.15, 0.2) is 0 Å². The zero-order chi connectivity index (χ0) is 15.6. The van der Waals surface area contributed by atoms with E-state index in [0.29, 0.717) is 6.42 Å². The van der Waals surface area contributed by atoms with E-state index < -0.39 is 29.4 Å². The van der Waals surface area contributed by atoms with Gasteiger partial charge in [0, 0.05) is 7.05 Å². The highest BCUT2D eigenvalue weighted by Crippen LogP contribution is 2.44. The highest BCUT2D eigenvalue weighted by Gasteiger charge is 2.61. The molecular weight excluding hydrogens is 270 g/mol.